The summed E-state index contributed by atoms with van der Waals surface area (Å²) >= 11 is 6.10. The molecule has 54 heavy (non-hydrogen) atoms. The number of nitrogens with two attached hydrogens (primary N) is 1. The first-order valence-corrected chi connectivity index (χ1v) is 18.3. The van der Waals surface area contributed by atoms with Gasteiger partial charge in [-0.3, -0.25) is 4.90 Å². The number of aliphatic hydroxyl groups is 1. The number of nitrogens with one attached hydrogen (secondary N) is 1. The van der Waals surface area contributed by atoms with E-state index in [1.807, 2.05) is 0 Å². The third-order valence-electron chi connectivity index (χ3n) is 8.17. The quantitative estimate of drug-likeness (QED) is 0.0640. The molecule has 0 bridgehead atoms. The van der Waals surface area contributed by atoms with Crippen molar-refractivity contribution in [3.8, 4) is 0 Å². The van der Waals surface area contributed by atoms with Crippen molar-refractivity contribution in [2.75, 3.05) is 31.9 Å². The third kappa shape index (κ3) is 10.9. The number of hydrogen-bond donors (Lipinski definition) is 3. The Labute approximate surface area is 313 Å². The maximum atomic E-state index is 13.8. The van der Waals surface area contributed by atoms with E-state index in [9.17, 15) is 41.5 Å². The Morgan fingerprint density at radius 1 is 0.981 bits per heavy atom. The summed E-state index contributed by atoms with van der Waals surface area (Å²) in [5.41, 5.74) is -0.182. The van der Waals surface area contributed by atoms with E-state index in [2.05, 4.69) is 10.1 Å². The number of morpholine rings is 1. The standard InChI is InChI=1S/C34H38ClF2N3O13S/c1-20-18-53-34(45,22-12-23(36)14-24(37)13-22)21(2)40(20)33(44)52-19-51-32(43)31(42)50-10-6-4-3-5-9-49-30(41)26-15-29(54(38,46)47)27(35)16-28(26)39-17-25-8-7-11-48-25/h7-8,11-16,20-21,39,45H,3-6,9-10,17-19H2,1-2H3,(H2,38,46,47)/t20-,21+,34-/m1/s1. The number of carbonyl (C=O) groups excluding carboxylic acids is 4. The Morgan fingerprint density at radius 2 is 1.63 bits per heavy atom. The van der Waals surface area contributed by atoms with Gasteiger partial charge in [0, 0.05) is 11.6 Å². The van der Waals surface area contributed by atoms with Crippen LogP contribution in [0.2, 0.25) is 5.02 Å². The predicted octanol–water partition coefficient (Wildman–Crippen LogP) is 4.32. The van der Waals surface area contributed by atoms with Gasteiger partial charge in [-0.25, -0.2) is 41.5 Å². The average molecular weight is 802 g/mol. The van der Waals surface area contributed by atoms with Crippen LogP contribution in [0.4, 0.5) is 19.3 Å². The molecule has 0 unspecified atom stereocenters. The van der Waals surface area contributed by atoms with Crippen LogP contribution in [-0.2, 0) is 55.6 Å². The number of sulfonamides is 1. The third-order valence-corrected chi connectivity index (χ3v) is 9.54. The molecule has 1 saturated heterocycles. The molecule has 3 aromatic rings. The number of ether oxygens (including phenoxy) is 5. The van der Waals surface area contributed by atoms with Gasteiger partial charge in [-0.15, -0.1) is 0 Å². The minimum atomic E-state index is -4.25. The molecule has 2 aromatic carbocycles. The van der Waals surface area contributed by atoms with Crippen LogP contribution in [0.15, 0.2) is 58.0 Å². The number of amides is 1. The number of rotatable bonds is 15. The molecule has 0 spiro atoms. The highest BCUT2D eigenvalue weighted by Gasteiger charge is 2.49. The zero-order chi connectivity index (χ0) is 39.6. The van der Waals surface area contributed by atoms with Crippen molar-refractivity contribution >= 4 is 51.3 Å². The predicted molar refractivity (Wildman–Crippen MR) is 183 cm³/mol. The summed E-state index contributed by atoms with van der Waals surface area (Å²) in [5.74, 6) is -7.28. The lowest BCUT2D eigenvalue weighted by molar-refractivity contribution is -0.280. The van der Waals surface area contributed by atoms with E-state index in [1.54, 1.807) is 19.1 Å². The zero-order valence-corrected chi connectivity index (χ0v) is 30.6. The molecule has 0 aliphatic carbocycles. The SMILES string of the molecule is C[C@@H]1CO[C@@](O)(c2cc(F)cc(F)c2)[C@H](C)N1C(=O)OCOC(=O)C(=O)OCCCCCCOC(=O)c1cc(S(N)(=O)=O)c(Cl)cc1NCc1ccco1. The van der Waals surface area contributed by atoms with E-state index in [4.69, 9.17) is 40.1 Å². The normalized spacial score (nSPS) is 18.5. The molecule has 2 heterocycles. The van der Waals surface area contributed by atoms with Gasteiger partial charge in [-0.1, -0.05) is 11.6 Å². The van der Waals surface area contributed by atoms with Crippen LogP contribution in [0.3, 0.4) is 0 Å². The number of esters is 3. The molecule has 1 fully saturated rings. The highest BCUT2D eigenvalue weighted by molar-refractivity contribution is 7.89. The number of carbonyl (C=O) groups is 4. The summed E-state index contributed by atoms with van der Waals surface area (Å²) < 4.78 is 82.1. The number of halogens is 3. The summed E-state index contributed by atoms with van der Waals surface area (Å²) in [6, 6.07) is 6.11. The van der Waals surface area contributed by atoms with Gasteiger partial charge in [0.15, 0.2) is 0 Å². The van der Waals surface area contributed by atoms with E-state index in [0.717, 1.165) is 23.1 Å². The Morgan fingerprint density at radius 3 is 2.26 bits per heavy atom. The fraction of sp³-hybridized carbons (Fsp3) is 0.412. The molecule has 1 amide bonds. The summed E-state index contributed by atoms with van der Waals surface area (Å²) in [6.07, 6.45) is 2.17. The second-order valence-corrected chi connectivity index (χ2v) is 14.0. The Balaban J connectivity index is 1.15. The highest BCUT2D eigenvalue weighted by Crippen LogP contribution is 2.36. The molecule has 16 nitrogen and oxygen atoms in total. The molecule has 3 atom stereocenters. The molecule has 294 valence electrons. The minimum absolute atomic E-state index is 0.0285. The van der Waals surface area contributed by atoms with Gasteiger partial charge in [0.05, 0.1) is 61.0 Å². The van der Waals surface area contributed by atoms with Gasteiger partial charge in [-0.05, 0) is 75.9 Å². The number of unbranched alkanes of at least 4 members (excludes halogenated alkanes) is 3. The first-order chi connectivity index (χ1) is 25.5. The van der Waals surface area contributed by atoms with Crippen molar-refractivity contribution < 1.29 is 69.6 Å². The van der Waals surface area contributed by atoms with Crippen molar-refractivity contribution in [3.05, 3.63) is 82.3 Å². The van der Waals surface area contributed by atoms with E-state index in [-0.39, 0.29) is 48.2 Å². The molecule has 4 N–H and O–H groups in total. The zero-order valence-electron chi connectivity index (χ0n) is 29.1. The number of primary sulfonamides is 1. The minimum Gasteiger partial charge on any atom is -0.467 e. The van der Waals surface area contributed by atoms with Crippen molar-refractivity contribution in [2.45, 2.75) is 68.8 Å². The number of furan rings is 1. The Bertz CT molecular complexity index is 1910. The van der Waals surface area contributed by atoms with Crippen LogP contribution in [0.5, 0.6) is 0 Å². The van der Waals surface area contributed by atoms with Gasteiger partial charge < -0.3 is 38.5 Å². The van der Waals surface area contributed by atoms with Crippen molar-refractivity contribution in [3.63, 3.8) is 0 Å². The van der Waals surface area contributed by atoms with Gasteiger partial charge >= 0.3 is 24.0 Å². The second kappa shape index (κ2) is 18.5. The van der Waals surface area contributed by atoms with Crippen LogP contribution < -0.4 is 10.5 Å². The highest BCUT2D eigenvalue weighted by atomic mass is 35.5. The smallest absolute Gasteiger partial charge is 0.420 e. The molecule has 1 aliphatic heterocycles. The van der Waals surface area contributed by atoms with Crippen LogP contribution in [-0.4, -0.2) is 81.1 Å². The molecule has 1 aromatic heterocycles. The number of benzene rings is 2. The average Bonchev–Trinajstić information content (AvgIpc) is 3.63. The molecular weight excluding hydrogens is 764 g/mol. The first-order valence-electron chi connectivity index (χ1n) is 16.4. The molecule has 1 aliphatic rings. The van der Waals surface area contributed by atoms with Crippen molar-refractivity contribution in [2.24, 2.45) is 5.14 Å². The monoisotopic (exact) mass is 801 g/mol. The first kappa shape index (κ1) is 41.9. The lowest BCUT2D eigenvalue weighted by Crippen LogP contribution is -2.62. The van der Waals surface area contributed by atoms with Gasteiger partial charge in [0.25, 0.3) is 0 Å². The fourth-order valence-electron chi connectivity index (χ4n) is 5.42. The number of anilines is 1. The summed E-state index contributed by atoms with van der Waals surface area (Å²) in [6.45, 7) is 1.71. The molecule has 0 radical (unpaired) electrons. The van der Waals surface area contributed by atoms with Crippen LogP contribution in [0.25, 0.3) is 0 Å². The molecule has 0 saturated carbocycles. The van der Waals surface area contributed by atoms with Gasteiger partial charge in [0.2, 0.25) is 22.6 Å². The lowest BCUT2D eigenvalue weighted by atomic mass is 9.94. The Kier molecular flexibility index (Phi) is 14.3. The second-order valence-electron chi connectivity index (χ2n) is 12.0. The number of nitrogens with zero attached hydrogens (tertiary/aromatic N) is 1. The maximum Gasteiger partial charge on any atom is 0.420 e. The van der Waals surface area contributed by atoms with E-state index >= 15 is 0 Å². The Hall–Kier alpha value is -4.82. The molecule has 20 heteroatoms. The van der Waals surface area contributed by atoms with Crippen LogP contribution >= 0.6 is 11.6 Å². The van der Waals surface area contributed by atoms with Crippen LogP contribution in [0.1, 0.15) is 61.2 Å². The largest absolute Gasteiger partial charge is 0.467 e. The lowest BCUT2D eigenvalue weighted by Gasteiger charge is -2.47. The van der Waals surface area contributed by atoms with Gasteiger partial charge in [-0.2, -0.15) is 0 Å². The summed E-state index contributed by atoms with van der Waals surface area (Å²) in [7, 11) is -4.25. The summed E-state index contributed by atoms with van der Waals surface area (Å²) in [5, 5.41) is 19.1. The van der Waals surface area contributed by atoms with E-state index in [0.29, 0.717) is 37.5 Å². The van der Waals surface area contributed by atoms with E-state index < -0.39 is 75.2 Å². The van der Waals surface area contributed by atoms with Crippen molar-refractivity contribution in [1.29, 1.82) is 0 Å². The molecular formula is C34H38ClF2N3O13S. The topological polar surface area (TPSA) is 223 Å². The van der Waals surface area contributed by atoms with Crippen LogP contribution in [0, 0.1) is 11.6 Å². The van der Waals surface area contributed by atoms with Crippen molar-refractivity contribution in [1.82, 2.24) is 4.90 Å². The summed E-state index contributed by atoms with van der Waals surface area (Å²) in [4.78, 5) is 50.4. The van der Waals surface area contributed by atoms with E-state index in [1.165, 1.54) is 19.3 Å². The molecule has 4 rings (SSSR count). The fourth-order valence-corrected chi connectivity index (χ4v) is 6.51. The maximum absolute atomic E-state index is 13.8. The van der Waals surface area contributed by atoms with Gasteiger partial charge in [0.1, 0.15) is 22.3 Å². The number of hydrogen-bond acceptors (Lipinski definition) is 14.